The summed E-state index contributed by atoms with van der Waals surface area (Å²) >= 11 is 0. The monoisotopic (exact) mass is 550 g/mol. The van der Waals surface area contributed by atoms with Crippen LogP contribution in [0.4, 0.5) is 0 Å². The van der Waals surface area contributed by atoms with E-state index in [1.807, 2.05) is 12.1 Å². The molecule has 0 fully saturated rings. The molecule has 0 aliphatic carbocycles. The second-order valence-electron chi connectivity index (χ2n) is 11.0. The van der Waals surface area contributed by atoms with Crippen molar-refractivity contribution in [1.29, 1.82) is 0 Å². The molecule has 3 heteroatoms. The first kappa shape index (κ1) is 25.2. The fourth-order valence-corrected chi connectivity index (χ4v) is 5.89. The Hall–Kier alpha value is -5.54. The quantitative estimate of drug-likeness (QED) is 0.192. The minimum atomic E-state index is 0.140. The van der Waals surface area contributed by atoms with E-state index in [1.165, 1.54) is 54.6 Å². The number of rotatable bonds is 6. The molecule has 0 bridgehead atoms. The van der Waals surface area contributed by atoms with Gasteiger partial charge >= 0.3 is 7.69 Å². The van der Waals surface area contributed by atoms with Crippen molar-refractivity contribution in [2.24, 2.45) is 0 Å². The van der Waals surface area contributed by atoms with E-state index in [4.69, 9.17) is 9.31 Å². The molecule has 0 saturated heterocycles. The van der Waals surface area contributed by atoms with Crippen LogP contribution < -0.4 is 9.31 Å². The molecule has 0 aromatic heterocycles. The van der Waals surface area contributed by atoms with Crippen LogP contribution in [-0.4, -0.2) is 7.69 Å². The van der Waals surface area contributed by atoms with Gasteiger partial charge in [0.15, 0.2) is 0 Å². The molecule has 0 aliphatic heterocycles. The van der Waals surface area contributed by atoms with Crippen LogP contribution in [0.3, 0.4) is 0 Å². The van der Waals surface area contributed by atoms with Crippen LogP contribution in [0.25, 0.3) is 65.3 Å². The van der Waals surface area contributed by atoms with Gasteiger partial charge in [0, 0.05) is 0 Å². The summed E-state index contributed by atoms with van der Waals surface area (Å²) in [6.07, 6.45) is 0. The topological polar surface area (TPSA) is 18.5 Å². The fourth-order valence-electron chi connectivity index (χ4n) is 5.89. The van der Waals surface area contributed by atoms with Gasteiger partial charge in [-0.05, 0) is 114 Å². The summed E-state index contributed by atoms with van der Waals surface area (Å²) in [4.78, 5) is 0. The Morgan fingerprint density at radius 1 is 0.279 bits per heavy atom. The number of hydrogen-bond donors (Lipinski definition) is 0. The van der Waals surface area contributed by atoms with Crippen LogP contribution in [0.2, 0.25) is 0 Å². The third-order valence-electron chi connectivity index (χ3n) is 8.24. The van der Waals surface area contributed by atoms with Crippen molar-refractivity contribution in [2.75, 3.05) is 0 Å². The van der Waals surface area contributed by atoms with Crippen LogP contribution in [0, 0.1) is 0 Å². The van der Waals surface area contributed by atoms with Gasteiger partial charge in [0.2, 0.25) is 0 Å². The maximum Gasteiger partial charge on any atom is 0.576 e. The Bertz CT molecular complexity index is 2130. The third kappa shape index (κ3) is 5.07. The van der Waals surface area contributed by atoms with E-state index in [9.17, 15) is 0 Å². The lowest BCUT2D eigenvalue weighted by atomic mass is 9.98. The molecule has 202 valence electrons. The van der Waals surface area contributed by atoms with Crippen molar-refractivity contribution < 1.29 is 9.31 Å². The fraction of sp³-hybridized carbons (Fsp3) is 0. The van der Waals surface area contributed by atoms with E-state index < -0.39 is 0 Å². The van der Waals surface area contributed by atoms with Crippen LogP contribution in [0.1, 0.15) is 0 Å². The van der Waals surface area contributed by atoms with Gasteiger partial charge in [-0.3, -0.25) is 0 Å². The summed E-state index contributed by atoms with van der Waals surface area (Å²) in [7, 11) is 0.140. The van der Waals surface area contributed by atoms with Crippen molar-refractivity contribution in [1.82, 2.24) is 0 Å². The molecule has 0 aliphatic rings. The highest BCUT2D eigenvalue weighted by atomic mass is 16.6. The second-order valence-corrected chi connectivity index (χ2v) is 11.0. The van der Waals surface area contributed by atoms with Gasteiger partial charge < -0.3 is 9.31 Å². The third-order valence-corrected chi connectivity index (χ3v) is 8.24. The van der Waals surface area contributed by atoms with E-state index in [2.05, 4.69) is 146 Å². The molecular weight excluding hydrogens is 523 g/mol. The largest absolute Gasteiger partial charge is 0.576 e. The molecule has 8 aromatic rings. The summed E-state index contributed by atoms with van der Waals surface area (Å²) in [6, 6.07) is 55.7. The number of benzene rings is 8. The van der Waals surface area contributed by atoms with E-state index in [0.717, 1.165) is 22.3 Å². The summed E-state index contributed by atoms with van der Waals surface area (Å²) in [5.41, 5.74) is 4.84. The summed E-state index contributed by atoms with van der Waals surface area (Å²) < 4.78 is 12.0. The van der Waals surface area contributed by atoms with Gasteiger partial charge in [0.05, 0.1) is 0 Å². The zero-order valence-corrected chi connectivity index (χ0v) is 23.5. The van der Waals surface area contributed by atoms with Crippen LogP contribution in [0.5, 0.6) is 11.5 Å². The average molecular weight is 550 g/mol. The van der Waals surface area contributed by atoms with E-state index in [1.54, 1.807) is 0 Å². The lowest BCUT2D eigenvalue weighted by molar-refractivity contribution is 0.460. The lowest BCUT2D eigenvalue weighted by Gasteiger charge is -2.11. The highest BCUT2D eigenvalue weighted by Gasteiger charge is 2.07. The summed E-state index contributed by atoms with van der Waals surface area (Å²) in [5, 5.41) is 9.64. The summed E-state index contributed by atoms with van der Waals surface area (Å²) in [5.74, 6) is 1.57. The zero-order chi connectivity index (χ0) is 28.6. The first-order valence-electron chi connectivity index (χ1n) is 14.6. The van der Waals surface area contributed by atoms with Crippen molar-refractivity contribution >= 4 is 50.8 Å². The summed E-state index contributed by atoms with van der Waals surface area (Å²) in [6.45, 7) is 0. The van der Waals surface area contributed by atoms with Gasteiger partial charge in [-0.15, -0.1) is 0 Å². The highest BCUT2D eigenvalue weighted by molar-refractivity contribution is 6.21. The molecule has 0 amide bonds. The maximum absolute atomic E-state index is 5.98. The maximum atomic E-state index is 5.98. The molecule has 8 aromatic carbocycles. The first-order chi connectivity index (χ1) is 21.2. The normalized spacial score (nSPS) is 11.3. The SMILES string of the molecule is B(Oc1ccc2cc(-c3ccc4ccccc4c3)ccc2c1)Oc1ccc2cc(-c3ccc4ccccc4c3)ccc2c1. The van der Waals surface area contributed by atoms with Crippen molar-refractivity contribution in [3.8, 4) is 33.8 Å². The van der Waals surface area contributed by atoms with Gasteiger partial charge in [0.25, 0.3) is 0 Å². The van der Waals surface area contributed by atoms with Gasteiger partial charge in [-0.2, -0.15) is 0 Å². The van der Waals surface area contributed by atoms with Gasteiger partial charge in [-0.25, -0.2) is 0 Å². The van der Waals surface area contributed by atoms with Gasteiger partial charge in [-0.1, -0.05) is 109 Å². The molecule has 43 heavy (non-hydrogen) atoms. The van der Waals surface area contributed by atoms with Crippen molar-refractivity contribution in [2.45, 2.75) is 0 Å². The molecular formula is C40H27BO2. The molecule has 0 heterocycles. The molecule has 0 radical (unpaired) electrons. The molecule has 0 spiro atoms. The van der Waals surface area contributed by atoms with Crippen molar-refractivity contribution in [3.05, 3.63) is 158 Å². The standard InChI is InChI=1S/C40H27BO2/c1-3-7-29-21-31(11-9-27(29)5-1)33-13-15-37-25-39(19-17-35(37)23-33)42-41-43-40-20-18-36-24-34(14-16-38(36)26-40)32-12-10-28-6-2-4-8-30(28)22-32/h1-26,41H. The molecule has 0 unspecified atom stereocenters. The Balaban J connectivity index is 0.949. The smallest absolute Gasteiger partial charge is 0.529 e. The van der Waals surface area contributed by atoms with Crippen LogP contribution >= 0.6 is 0 Å². The van der Waals surface area contributed by atoms with E-state index in [-0.39, 0.29) is 7.69 Å². The molecule has 0 N–H and O–H groups in total. The average Bonchev–Trinajstić information content (AvgIpc) is 3.07. The van der Waals surface area contributed by atoms with Crippen LogP contribution in [0.15, 0.2) is 158 Å². The Morgan fingerprint density at radius 2 is 0.581 bits per heavy atom. The Kier molecular flexibility index (Phi) is 6.27. The van der Waals surface area contributed by atoms with E-state index >= 15 is 0 Å². The lowest BCUT2D eigenvalue weighted by Crippen LogP contribution is -2.10. The first-order valence-corrected chi connectivity index (χ1v) is 14.6. The highest BCUT2D eigenvalue weighted by Crippen LogP contribution is 2.31. The van der Waals surface area contributed by atoms with E-state index in [0.29, 0.717) is 0 Å². The predicted molar refractivity (Wildman–Crippen MR) is 182 cm³/mol. The Labute approximate surface area is 251 Å². The number of hydrogen-bond acceptors (Lipinski definition) is 2. The molecule has 2 nitrogen and oxygen atoms in total. The minimum absolute atomic E-state index is 0.140. The number of fused-ring (bicyclic) bond motifs is 4. The zero-order valence-electron chi connectivity index (χ0n) is 23.5. The second kappa shape index (κ2) is 10.7. The molecule has 0 saturated carbocycles. The minimum Gasteiger partial charge on any atom is -0.529 e. The van der Waals surface area contributed by atoms with Crippen molar-refractivity contribution in [3.63, 3.8) is 0 Å². The van der Waals surface area contributed by atoms with Gasteiger partial charge in [0.1, 0.15) is 11.5 Å². The molecule has 0 atom stereocenters. The Morgan fingerprint density at radius 3 is 1.00 bits per heavy atom. The predicted octanol–water partition coefficient (Wildman–Crippen LogP) is 10.4. The van der Waals surface area contributed by atoms with Crippen LogP contribution in [-0.2, 0) is 0 Å². The molecule has 8 rings (SSSR count).